The number of anilines is 1. The Hall–Kier alpha value is -1.67. The zero-order chi connectivity index (χ0) is 15.3. The van der Waals surface area contributed by atoms with Crippen molar-refractivity contribution in [2.24, 2.45) is 0 Å². The Balaban J connectivity index is 2.00. The molecular formula is C13H15N3O3S2. The average molecular weight is 325 g/mol. The number of fused-ring (bicyclic) bond motifs is 1. The molecule has 1 N–H and O–H groups in total. The number of aryl methyl sites for hydroxylation is 1. The lowest BCUT2D eigenvalue weighted by Crippen LogP contribution is -2.25. The molecule has 0 atom stereocenters. The lowest BCUT2D eigenvalue weighted by molar-refractivity contribution is 0.135. The lowest BCUT2D eigenvalue weighted by Gasteiger charge is -2.18. The molecule has 1 aromatic heterocycles. The number of benzene rings is 1. The van der Waals surface area contributed by atoms with Gasteiger partial charge in [0.1, 0.15) is 21.3 Å². The van der Waals surface area contributed by atoms with Gasteiger partial charge in [0.05, 0.1) is 0 Å². The van der Waals surface area contributed by atoms with E-state index in [1.807, 2.05) is 19.9 Å². The SMILES string of the molecule is Cc1nnc(NS(=O)(=O)c2cccc3c2OC(C)(C)C3)s1. The highest BCUT2D eigenvalue weighted by molar-refractivity contribution is 7.93. The molecule has 0 amide bonds. The summed E-state index contributed by atoms with van der Waals surface area (Å²) >= 11 is 1.19. The van der Waals surface area contributed by atoms with Gasteiger partial charge in [-0.15, -0.1) is 10.2 Å². The van der Waals surface area contributed by atoms with Crippen LogP contribution in [0.25, 0.3) is 0 Å². The number of rotatable bonds is 3. The monoisotopic (exact) mass is 325 g/mol. The van der Waals surface area contributed by atoms with Gasteiger partial charge in [0.15, 0.2) is 0 Å². The maximum atomic E-state index is 12.5. The fourth-order valence-electron chi connectivity index (χ4n) is 2.31. The molecule has 112 valence electrons. The minimum atomic E-state index is -3.74. The summed E-state index contributed by atoms with van der Waals surface area (Å²) in [7, 11) is -3.74. The molecule has 6 nitrogen and oxygen atoms in total. The van der Waals surface area contributed by atoms with Crippen LogP contribution in [0.3, 0.4) is 0 Å². The molecule has 3 rings (SSSR count). The summed E-state index contributed by atoms with van der Waals surface area (Å²) in [4.78, 5) is 0.137. The maximum absolute atomic E-state index is 12.5. The minimum absolute atomic E-state index is 0.137. The van der Waals surface area contributed by atoms with Crippen molar-refractivity contribution in [1.82, 2.24) is 10.2 Å². The molecule has 2 heterocycles. The van der Waals surface area contributed by atoms with E-state index in [-0.39, 0.29) is 10.0 Å². The van der Waals surface area contributed by atoms with E-state index in [9.17, 15) is 8.42 Å². The average Bonchev–Trinajstić information content (AvgIpc) is 2.89. The number of nitrogens with zero attached hydrogens (tertiary/aromatic N) is 2. The number of ether oxygens (including phenoxy) is 1. The molecule has 1 aliphatic rings. The van der Waals surface area contributed by atoms with Crippen LogP contribution in [-0.2, 0) is 16.4 Å². The first-order chi connectivity index (χ1) is 9.77. The molecule has 1 aromatic carbocycles. The molecule has 8 heteroatoms. The minimum Gasteiger partial charge on any atom is -0.486 e. The van der Waals surface area contributed by atoms with Gasteiger partial charge in [0.2, 0.25) is 5.13 Å². The van der Waals surface area contributed by atoms with Crippen molar-refractivity contribution in [3.8, 4) is 5.75 Å². The topological polar surface area (TPSA) is 81.2 Å². The third kappa shape index (κ3) is 2.73. The van der Waals surface area contributed by atoms with Gasteiger partial charge in [-0.05, 0) is 32.4 Å². The summed E-state index contributed by atoms with van der Waals surface area (Å²) in [6.45, 7) is 5.64. The molecule has 0 radical (unpaired) electrons. The van der Waals surface area contributed by atoms with E-state index in [4.69, 9.17) is 4.74 Å². The molecular weight excluding hydrogens is 310 g/mol. The standard InChI is InChI=1S/C13H15N3O3S2/c1-8-14-15-12(20-8)16-21(17,18)10-6-4-5-9-7-13(2,3)19-11(9)10/h4-6H,7H2,1-3H3,(H,15,16). The molecule has 0 bridgehead atoms. The molecule has 0 spiro atoms. The van der Waals surface area contributed by atoms with E-state index in [1.165, 1.54) is 17.4 Å². The fraction of sp³-hybridized carbons (Fsp3) is 0.385. The van der Waals surface area contributed by atoms with Crippen LogP contribution in [0.5, 0.6) is 5.75 Å². The van der Waals surface area contributed by atoms with E-state index in [0.717, 1.165) is 5.56 Å². The van der Waals surface area contributed by atoms with Crippen molar-refractivity contribution in [2.45, 2.75) is 37.7 Å². The van der Waals surface area contributed by atoms with E-state index in [0.29, 0.717) is 17.2 Å². The molecule has 1 aliphatic heterocycles. The predicted octanol–water partition coefficient (Wildman–Crippen LogP) is 2.36. The third-order valence-electron chi connectivity index (χ3n) is 3.09. The number of para-hydroxylation sites is 1. The second-order valence-electron chi connectivity index (χ2n) is 5.51. The van der Waals surface area contributed by atoms with Gasteiger partial charge < -0.3 is 4.74 Å². The lowest BCUT2D eigenvalue weighted by atomic mass is 10.0. The highest BCUT2D eigenvalue weighted by atomic mass is 32.2. The number of aromatic nitrogens is 2. The Morgan fingerprint density at radius 3 is 2.76 bits per heavy atom. The van der Waals surface area contributed by atoms with Gasteiger partial charge in [-0.1, -0.05) is 23.5 Å². The first-order valence-electron chi connectivity index (χ1n) is 6.41. The number of hydrogen-bond donors (Lipinski definition) is 1. The summed E-state index contributed by atoms with van der Waals surface area (Å²) in [5.74, 6) is 0.427. The summed E-state index contributed by atoms with van der Waals surface area (Å²) in [6.07, 6.45) is 0.684. The number of sulfonamides is 1. The van der Waals surface area contributed by atoms with Crippen LogP contribution in [0.1, 0.15) is 24.4 Å². The fourth-order valence-corrected chi connectivity index (χ4v) is 4.30. The molecule has 2 aromatic rings. The van der Waals surface area contributed by atoms with Crippen molar-refractivity contribution in [1.29, 1.82) is 0 Å². The van der Waals surface area contributed by atoms with Crippen molar-refractivity contribution in [3.05, 3.63) is 28.8 Å². The largest absolute Gasteiger partial charge is 0.486 e. The van der Waals surface area contributed by atoms with Gasteiger partial charge in [-0.25, -0.2) is 8.42 Å². The molecule has 21 heavy (non-hydrogen) atoms. The van der Waals surface area contributed by atoms with E-state index >= 15 is 0 Å². The highest BCUT2D eigenvalue weighted by Crippen LogP contribution is 2.40. The van der Waals surface area contributed by atoms with Gasteiger partial charge in [0, 0.05) is 6.42 Å². The Morgan fingerprint density at radius 1 is 1.33 bits per heavy atom. The van der Waals surface area contributed by atoms with Gasteiger partial charge in [-0.2, -0.15) is 0 Å². The Bertz CT molecular complexity index is 797. The number of nitrogens with one attached hydrogen (secondary N) is 1. The van der Waals surface area contributed by atoms with Crippen molar-refractivity contribution in [2.75, 3.05) is 4.72 Å². The summed E-state index contributed by atoms with van der Waals surface area (Å²) in [5, 5.41) is 8.54. The van der Waals surface area contributed by atoms with Crippen LogP contribution < -0.4 is 9.46 Å². The Labute approximate surface area is 127 Å². The van der Waals surface area contributed by atoms with Crippen LogP contribution in [0, 0.1) is 6.92 Å². The molecule has 0 saturated carbocycles. The predicted molar refractivity (Wildman–Crippen MR) is 80.3 cm³/mol. The third-order valence-corrected chi connectivity index (χ3v) is 5.34. The van der Waals surface area contributed by atoms with Gasteiger partial charge >= 0.3 is 0 Å². The van der Waals surface area contributed by atoms with Crippen LogP contribution in [0.4, 0.5) is 5.13 Å². The first-order valence-corrected chi connectivity index (χ1v) is 8.71. The zero-order valence-electron chi connectivity index (χ0n) is 11.9. The van der Waals surface area contributed by atoms with Gasteiger partial charge in [0.25, 0.3) is 10.0 Å². The van der Waals surface area contributed by atoms with Crippen LogP contribution >= 0.6 is 11.3 Å². The first kappa shape index (κ1) is 14.3. The summed E-state index contributed by atoms with van der Waals surface area (Å²) in [6, 6.07) is 5.15. The van der Waals surface area contributed by atoms with Crippen LogP contribution in [0.2, 0.25) is 0 Å². The second-order valence-corrected chi connectivity index (χ2v) is 8.35. The maximum Gasteiger partial charge on any atom is 0.267 e. The van der Waals surface area contributed by atoms with E-state index < -0.39 is 15.6 Å². The van der Waals surface area contributed by atoms with Gasteiger partial charge in [-0.3, -0.25) is 4.72 Å². The van der Waals surface area contributed by atoms with Crippen molar-refractivity contribution < 1.29 is 13.2 Å². The summed E-state index contributed by atoms with van der Waals surface area (Å²) < 4.78 is 33.3. The summed E-state index contributed by atoms with van der Waals surface area (Å²) in [5.41, 5.74) is 0.504. The quantitative estimate of drug-likeness (QED) is 0.937. The molecule has 0 saturated heterocycles. The zero-order valence-corrected chi connectivity index (χ0v) is 13.5. The van der Waals surface area contributed by atoms with Crippen molar-refractivity contribution in [3.63, 3.8) is 0 Å². The molecule has 0 unspecified atom stereocenters. The van der Waals surface area contributed by atoms with Crippen molar-refractivity contribution >= 4 is 26.5 Å². The van der Waals surface area contributed by atoms with Crippen LogP contribution in [-0.4, -0.2) is 24.2 Å². The number of hydrogen-bond acceptors (Lipinski definition) is 6. The smallest absolute Gasteiger partial charge is 0.267 e. The highest BCUT2D eigenvalue weighted by Gasteiger charge is 2.35. The van der Waals surface area contributed by atoms with E-state index in [1.54, 1.807) is 13.0 Å². The normalized spacial score (nSPS) is 16.3. The second kappa shape index (κ2) is 4.67. The Morgan fingerprint density at radius 2 is 2.10 bits per heavy atom. The molecule has 0 fully saturated rings. The Kier molecular flexibility index (Phi) is 3.18. The van der Waals surface area contributed by atoms with E-state index in [2.05, 4.69) is 14.9 Å². The molecule has 0 aliphatic carbocycles. The van der Waals surface area contributed by atoms with Crippen LogP contribution in [0.15, 0.2) is 23.1 Å².